The van der Waals surface area contributed by atoms with Crippen LogP contribution >= 0.6 is 22.6 Å². The van der Waals surface area contributed by atoms with Crippen LogP contribution in [0.5, 0.6) is 5.75 Å². The Morgan fingerprint density at radius 1 is 1.11 bits per heavy atom. The average molecular weight is 599 g/mol. The lowest BCUT2D eigenvalue weighted by atomic mass is 9.57. The lowest BCUT2D eigenvalue weighted by Gasteiger charge is -2.50. The quantitative estimate of drug-likeness (QED) is 0.194. The van der Waals surface area contributed by atoms with Crippen molar-refractivity contribution in [3.63, 3.8) is 0 Å². The fraction of sp³-hybridized carbons (Fsp3) is 0.458. The summed E-state index contributed by atoms with van der Waals surface area (Å²) in [6, 6.07) is 2.01. The van der Waals surface area contributed by atoms with E-state index in [2.05, 4.69) is 22.6 Å². The molecule has 4 rings (SSSR count). The molecule has 0 spiro atoms. The Labute approximate surface area is 216 Å². The van der Waals surface area contributed by atoms with E-state index in [1.165, 1.54) is 11.0 Å². The molecule has 4 atom stereocenters. The number of aliphatic hydroxyl groups excluding tert-OH is 2. The molecule has 3 aliphatic rings. The number of nitrogens with two attached hydrogens (primary N) is 1. The van der Waals surface area contributed by atoms with Gasteiger partial charge in [-0.15, -0.1) is 0 Å². The van der Waals surface area contributed by atoms with E-state index in [0.717, 1.165) is 5.69 Å². The van der Waals surface area contributed by atoms with Gasteiger partial charge in [0.15, 0.2) is 11.4 Å². The van der Waals surface area contributed by atoms with Gasteiger partial charge < -0.3 is 31.1 Å². The van der Waals surface area contributed by atoms with Gasteiger partial charge in [-0.3, -0.25) is 19.3 Å². The van der Waals surface area contributed by atoms with Crippen molar-refractivity contribution >= 4 is 51.5 Å². The number of aliphatic hydroxyl groups is 3. The second kappa shape index (κ2) is 9.43. The number of halogens is 1. The van der Waals surface area contributed by atoms with Gasteiger partial charge >= 0.3 is 0 Å². The summed E-state index contributed by atoms with van der Waals surface area (Å²) < 4.78 is 0. The smallest absolute Gasteiger partial charge is 0.255 e. The van der Waals surface area contributed by atoms with Crippen LogP contribution < -0.4 is 10.6 Å². The second-order valence-electron chi connectivity index (χ2n) is 9.31. The third-order valence-electron chi connectivity index (χ3n) is 7.06. The summed E-state index contributed by atoms with van der Waals surface area (Å²) in [5.74, 6) is -6.54. The molecule has 0 radical (unpaired) electrons. The zero-order valence-corrected chi connectivity index (χ0v) is 22.3. The van der Waals surface area contributed by atoms with Crippen molar-refractivity contribution in [3.05, 3.63) is 40.2 Å². The number of fused-ring (bicyclic) bond motifs is 3. The number of nitrogens with zero attached hydrogens (tertiary/aromatic N) is 2. The first kappa shape index (κ1) is 27.0. The number of hydrogen-bond donors (Lipinski definition) is 5. The van der Waals surface area contributed by atoms with Gasteiger partial charge in [-0.05, 0) is 55.5 Å². The van der Waals surface area contributed by atoms with Crippen LogP contribution in [0.2, 0.25) is 0 Å². The van der Waals surface area contributed by atoms with Crippen molar-refractivity contribution in [1.29, 1.82) is 0 Å². The van der Waals surface area contributed by atoms with E-state index >= 15 is 0 Å². The van der Waals surface area contributed by atoms with Gasteiger partial charge in [-0.1, -0.05) is 22.6 Å². The van der Waals surface area contributed by atoms with E-state index in [1.807, 2.05) is 23.9 Å². The maximum absolute atomic E-state index is 13.7. The Bertz CT molecular complexity index is 1170. The molecule has 1 saturated carbocycles. The lowest BCUT2D eigenvalue weighted by Crippen LogP contribution is -2.65. The summed E-state index contributed by atoms with van der Waals surface area (Å²) in [7, 11) is 6.75. The van der Waals surface area contributed by atoms with Crippen molar-refractivity contribution in [1.82, 2.24) is 4.90 Å². The van der Waals surface area contributed by atoms with Crippen molar-refractivity contribution in [2.75, 3.05) is 38.0 Å². The van der Waals surface area contributed by atoms with Gasteiger partial charge in [-0.25, -0.2) is 0 Å². The predicted molar refractivity (Wildman–Crippen MR) is 139 cm³/mol. The number of phenols is 1. The molecule has 6 N–H and O–H groups in total. The minimum atomic E-state index is -2.63. The third-order valence-corrected chi connectivity index (χ3v) is 7.06. The number of amides is 1. The summed E-state index contributed by atoms with van der Waals surface area (Å²) in [6.07, 6.45) is 0.324. The first-order chi connectivity index (χ1) is 16.3. The number of primary amides is 1. The summed E-state index contributed by atoms with van der Waals surface area (Å²) in [4.78, 5) is 44.0. The Balaban J connectivity index is 0.00000167. The lowest BCUT2D eigenvalue weighted by molar-refractivity contribution is -0.153. The van der Waals surface area contributed by atoms with Crippen LogP contribution in [0, 0.1) is 11.8 Å². The zero-order chi connectivity index (χ0) is 26.6. The largest absolute Gasteiger partial charge is 0.508 e. The molecule has 0 aromatic heterocycles. The van der Waals surface area contributed by atoms with Crippen LogP contribution in [0.3, 0.4) is 0 Å². The maximum Gasteiger partial charge on any atom is 0.255 e. The Morgan fingerprint density at radius 2 is 1.71 bits per heavy atom. The molecule has 1 amide bonds. The number of benzene rings is 1. The van der Waals surface area contributed by atoms with Crippen LogP contribution in [0.15, 0.2) is 29.0 Å². The summed E-state index contributed by atoms with van der Waals surface area (Å²) >= 11 is 2.15. The molecule has 11 heteroatoms. The zero-order valence-electron chi connectivity index (χ0n) is 20.2. The highest BCUT2D eigenvalue weighted by Gasteiger charge is 2.64. The number of anilines is 1. The van der Waals surface area contributed by atoms with Gasteiger partial charge in [0, 0.05) is 31.3 Å². The number of Topliss-reactive ketones (excluding diaryl/α,β-unsaturated/α-hetero) is 2. The number of carbonyl (C=O) groups is 3. The number of alkyl halides is 1. The molecular formula is C24H30IN3O7. The standard InChI is InChI=1S/C23H27N3O7.CH3I/c1-25(2)12-5-6-13(27)15-10(12)7-9-8-11-17(26(3)4)19(29)16(22(24)32)21(31)23(11,33)20(30)14(9)18(15)28;1-2/h5-6,9,11,17,27-28,31,33H,7-8H2,1-4H3,(H2,24,32);1H3/t9-,11+,17-,23-;/m0./s1. The fourth-order valence-corrected chi connectivity index (χ4v) is 5.65. The second-order valence-corrected chi connectivity index (χ2v) is 9.31. The first-order valence-corrected chi connectivity index (χ1v) is 13.0. The third kappa shape index (κ3) is 3.80. The topological polar surface area (TPSA) is 165 Å². The minimum absolute atomic E-state index is 0.0638. The summed E-state index contributed by atoms with van der Waals surface area (Å²) in [5.41, 5.74) is 3.15. The molecule has 1 fully saturated rings. The molecule has 3 aliphatic carbocycles. The van der Waals surface area contributed by atoms with Crippen LogP contribution in [-0.2, 0) is 20.8 Å². The van der Waals surface area contributed by atoms with Crippen LogP contribution in [-0.4, -0.2) is 87.6 Å². The van der Waals surface area contributed by atoms with E-state index in [0.29, 0.717) is 5.56 Å². The number of rotatable bonds is 3. The molecule has 10 nitrogen and oxygen atoms in total. The highest BCUT2D eigenvalue weighted by atomic mass is 127. The van der Waals surface area contributed by atoms with E-state index in [9.17, 15) is 34.8 Å². The molecule has 1 aromatic rings. The monoisotopic (exact) mass is 599 g/mol. The van der Waals surface area contributed by atoms with Crippen LogP contribution in [0.4, 0.5) is 5.69 Å². The van der Waals surface area contributed by atoms with Gasteiger partial charge in [0.2, 0.25) is 5.78 Å². The van der Waals surface area contributed by atoms with Gasteiger partial charge in [-0.2, -0.15) is 0 Å². The molecule has 0 bridgehead atoms. The average Bonchev–Trinajstić information content (AvgIpc) is 2.77. The van der Waals surface area contributed by atoms with Crippen molar-refractivity contribution in [2.24, 2.45) is 17.6 Å². The van der Waals surface area contributed by atoms with E-state index in [1.54, 1.807) is 20.2 Å². The highest BCUT2D eigenvalue weighted by Crippen LogP contribution is 2.53. The normalized spacial score (nSPS) is 27.6. The summed E-state index contributed by atoms with van der Waals surface area (Å²) in [6.45, 7) is 0. The molecule has 0 heterocycles. The SMILES string of the molecule is CI.CN(C)c1ccc(O)c2c1C[C@H]1C[C@@H]3[C@H](N(C)C)C(=O)C(C(N)=O)=C(O)[C@@]3(O)C(=O)C1=C2O. The Morgan fingerprint density at radius 3 is 2.23 bits per heavy atom. The summed E-state index contributed by atoms with van der Waals surface area (Å²) in [5, 5.41) is 43.9. The van der Waals surface area contributed by atoms with Gasteiger partial charge in [0.1, 0.15) is 22.8 Å². The van der Waals surface area contributed by atoms with Gasteiger partial charge in [0.05, 0.1) is 11.6 Å². The number of aromatic hydroxyl groups is 1. The fourth-order valence-electron chi connectivity index (χ4n) is 5.65. The van der Waals surface area contributed by atoms with E-state index in [-0.39, 0.29) is 29.7 Å². The molecule has 1 aromatic carbocycles. The van der Waals surface area contributed by atoms with Crippen molar-refractivity contribution in [3.8, 4) is 5.75 Å². The molecule has 35 heavy (non-hydrogen) atoms. The first-order valence-electron chi connectivity index (χ1n) is 10.9. The predicted octanol–water partition coefficient (Wildman–Crippen LogP) is 1.08. The molecule has 190 valence electrons. The molecule has 0 saturated heterocycles. The molecular weight excluding hydrogens is 569 g/mol. The number of ketones is 2. The van der Waals surface area contributed by atoms with Crippen molar-refractivity contribution < 1.29 is 34.8 Å². The Kier molecular flexibility index (Phi) is 7.26. The molecule has 0 unspecified atom stereocenters. The van der Waals surface area contributed by atoms with Gasteiger partial charge in [0.25, 0.3) is 5.91 Å². The molecule has 0 aliphatic heterocycles. The van der Waals surface area contributed by atoms with Crippen LogP contribution in [0.1, 0.15) is 17.5 Å². The number of hydrogen-bond acceptors (Lipinski definition) is 9. The number of likely N-dealkylation sites (N-methyl/N-ethyl adjacent to an activating group) is 1. The van der Waals surface area contributed by atoms with Crippen molar-refractivity contribution in [2.45, 2.75) is 24.5 Å². The maximum atomic E-state index is 13.7. The van der Waals surface area contributed by atoms with E-state index in [4.69, 9.17) is 5.73 Å². The van der Waals surface area contributed by atoms with Crippen LogP contribution in [0.25, 0.3) is 5.76 Å². The number of phenolic OH excluding ortho intramolecular Hbond substituents is 1. The Hall–Kier alpha value is -2.64. The van der Waals surface area contributed by atoms with E-state index < -0.39 is 58.0 Å². The minimum Gasteiger partial charge on any atom is -0.508 e. The number of carbonyl (C=O) groups excluding carboxylic acids is 3. The highest BCUT2D eigenvalue weighted by molar-refractivity contribution is 14.1.